The van der Waals surface area contributed by atoms with Crippen LogP contribution < -0.4 is 16.3 Å². The number of esters is 1. The molecule has 10 nitrogen and oxygen atoms in total. The van der Waals surface area contributed by atoms with Gasteiger partial charge in [0.15, 0.2) is 5.71 Å². The molecule has 0 radical (unpaired) electrons. The van der Waals surface area contributed by atoms with Crippen molar-refractivity contribution in [3.63, 3.8) is 0 Å². The number of hydrazone groups is 1. The van der Waals surface area contributed by atoms with E-state index in [1.54, 1.807) is 64.1 Å². The normalized spacial score (nSPS) is 12.7. The number of aromatic amines is 1. The van der Waals surface area contributed by atoms with Crippen LogP contribution in [0.2, 0.25) is 0 Å². The summed E-state index contributed by atoms with van der Waals surface area (Å²) in [5, 5.41) is 6.69. The number of ketones is 1. The minimum absolute atomic E-state index is 0.352. The Bertz CT molecular complexity index is 1420. The lowest BCUT2D eigenvalue weighted by Gasteiger charge is -2.21. The van der Waals surface area contributed by atoms with Crippen molar-refractivity contribution < 1.29 is 19.1 Å². The van der Waals surface area contributed by atoms with E-state index in [9.17, 15) is 19.2 Å². The summed E-state index contributed by atoms with van der Waals surface area (Å²) in [4.78, 5) is 59.6. The summed E-state index contributed by atoms with van der Waals surface area (Å²) < 4.78 is 4.86. The molecule has 0 aliphatic carbocycles. The van der Waals surface area contributed by atoms with E-state index in [4.69, 9.17) is 4.74 Å². The number of methoxy groups -OCH3 is 1. The van der Waals surface area contributed by atoms with Gasteiger partial charge in [-0.15, -0.1) is 0 Å². The molecule has 0 fully saturated rings. The van der Waals surface area contributed by atoms with Gasteiger partial charge < -0.3 is 20.5 Å². The Balaban J connectivity index is 2.18. The molecule has 1 heterocycles. The highest BCUT2D eigenvalue weighted by atomic mass is 16.5. The van der Waals surface area contributed by atoms with Crippen molar-refractivity contribution in [1.82, 2.24) is 15.4 Å². The van der Waals surface area contributed by atoms with Gasteiger partial charge in [-0.3, -0.25) is 14.4 Å². The predicted molar refractivity (Wildman–Crippen MR) is 137 cm³/mol. The molecule has 36 heavy (non-hydrogen) atoms. The van der Waals surface area contributed by atoms with E-state index in [1.165, 1.54) is 0 Å². The van der Waals surface area contributed by atoms with Crippen LogP contribution in [0.25, 0.3) is 11.0 Å². The van der Waals surface area contributed by atoms with Gasteiger partial charge in [0.1, 0.15) is 11.6 Å². The van der Waals surface area contributed by atoms with Crippen LogP contribution >= 0.6 is 0 Å². The maximum atomic E-state index is 13.6. The highest BCUT2D eigenvalue weighted by molar-refractivity contribution is 6.53. The van der Waals surface area contributed by atoms with Crippen LogP contribution in [-0.2, 0) is 19.1 Å². The second-order valence-electron chi connectivity index (χ2n) is 9.39. The fourth-order valence-electron chi connectivity index (χ4n) is 3.36. The largest absolute Gasteiger partial charge is 0.464 e. The summed E-state index contributed by atoms with van der Waals surface area (Å²) in [6.45, 7) is 8.99. The number of H-pyrrole nitrogens is 1. The molecule has 1 amide bonds. The summed E-state index contributed by atoms with van der Waals surface area (Å²) in [6.07, 6.45) is 0. The maximum Gasteiger partial charge on any atom is 0.355 e. The number of nitrogens with one attached hydrogen (secondary N) is 3. The van der Waals surface area contributed by atoms with E-state index in [0.29, 0.717) is 16.7 Å². The second-order valence-corrected chi connectivity index (χ2v) is 9.39. The Labute approximate surface area is 208 Å². The second kappa shape index (κ2) is 10.5. The van der Waals surface area contributed by atoms with Crippen molar-refractivity contribution in [1.29, 1.82) is 0 Å². The molecule has 0 saturated carbocycles. The summed E-state index contributed by atoms with van der Waals surface area (Å²) in [5.41, 5.74) is 3.44. The number of anilines is 1. The molecular formula is C26H29N5O5. The topological polar surface area (TPSA) is 143 Å². The molecule has 1 aromatic heterocycles. The van der Waals surface area contributed by atoms with E-state index in [2.05, 4.69) is 25.8 Å². The van der Waals surface area contributed by atoms with E-state index < -0.39 is 40.4 Å². The first-order chi connectivity index (χ1) is 16.9. The molecule has 0 saturated heterocycles. The Morgan fingerprint density at radius 3 is 2.44 bits per heavy atom. The van der Waals surface area contributed by atoms with Gasteiger partial charge in [-0.05, 0) is 63.9 Å². The molecule has 0 aliphatic heterocycles. The van der Waals surface area contributed by atoms with Crippen LogP contribution in [0.15, 0.2) is 52.4 Å². The van der Waals surface area contributed by atoms with Crippen LogP contribution in [0.1, 0.15) is 43.5 Å². The van der Waals surface area contributed by atoms with Gasteiger partial charge in [0.2, 0.25) is 5.78 Å². The zero-order valence-electron chi connectivity index (χ0n) is 21.1. The fourth-order valence-corrected chi connectivity index (χ4v) is 3.36. The maximum absolute atomic E-state index is 13.6. The monoisotopic (exact) mass is 491 g/mol. The first-order valence-electron chi connectivity index (χ1n) is 11.3. The first kappa shape index (κ1) is 26.3. The molecule has 0 unspecified atom stereocenters. The number of benzene rings is 2. The number of hydrogen-bond acceptors (Lipinski definition) is 8. The zero-order valence-corrected chi connectivity index (χ0v) is 21.1. The number of hydrogen-bond donors (Lipinski definition) is 3. The minimum atomic E-state index is -1.73. The number of amides is 1. The summed E-state index contributed by atoms with van der Waals surface area (Å²) in [7, 11) is 1.12. The highest BCUT2D eigenvalue weighted by Crippen LogP contribution is 2.21. The minimum Gasteiger partial charge on any atom is -0.464 e. The van der Waals surface area contributed by atoms with Gasteiger partial charge in [-0.25, -0.2) is 9.78 Å². The Morgan fingerprint density at radius 2 is 1.78 bits per heavy atom. The number of nitrogens with zero attached hydrogens (tertiary/aromatic N) is 2. The number of Topliss-reactive ketones (excluding diaryl/α,β-unsaturated/α-hetero) is 1. The van der Waals surface area contributed by atoms with E-state index >= 15 is 0 Å². The number of aromatic nitrogens is 2. The van der Waals surface area contributed by atoms with Crippen molar-refractivity contribution in [2.75, 3.05) is 12.4 Å². The quantitative estimate of drug-likeness (QED) is 0.200. The predicted octanol–water partition coefficient (Wildman–Crippen LogP) is 2.75. The van der Waals surface area contributed by atoms with Gasteiger partial charge in [0.25, 0.3) is 11.5 Å². The summed E-state index contributed by atoms with van der Waals surface area (Å²) in [5.74, 6) is -4.84. The third-order valence-electron chi connectivity index (χ3n) is 5.21. The molecule has 188 valence electrons. The molecule has 0 aliphatic rings. The Morgan fingerprint density at radius 1 is 1.08 bits per heavy atom. The highest BCUT2D eigenvalue weighted by Gasteiger charge is 2.39. The van der Waals surface area contributed by atoms with Crippen LogP contribution in [0.5, 0.6) is 0 Å². The van der Waals surface area contributed by atoms with Crippen molar-refractivity contribution in [2.45, 2.75) is 46.1 Å². The fraction of sp³-hybridized carbons (Fsp3) is 0.308. The van der Waals surface area contributed by atoms with Crippen molar-refractivity contribution in [2.24, 2.45) is 5.10 Å². The van der Waals surface area contributed by atoms with E-state index in [1.807, 2.05) is 13.0 Å². The molecule has 3 N–H and O–H groups in total. The number of carbonyl (C=O) groups is 3. The number of carbonyl (C=O) groups excluding carboxylic acids is 3. The molecule has 10 heteroatoms. The number of fused-ring (bicyclic) bond motifs is 1. The van der Waals surface area contributed by atoms with Gasteiger partial charge in [-0.1, -0.05) is 24.3 Å². The zero-order chi connectivity index (χ0) is 26.6. The summed E-state index contributed by atoms with van der Waals surface area (Å²) in [6, 6.07) is 12.1. The summed E-state index contributed by atoms with van der Waals surface area (Å²) >= 11 is 0. The average molecular weight is 492 g/mol. The molecule has 3 rings (SSSR count). The van der Waals surface area contributed by atoms with Crippen molar-refractivity contribution >= 4 is 40.1 Å². The van der Waals surface area contributed by atoms with Crippen LogP contribution in [-0.4, -0.2) is 46.0 Å². The SMILES string of the molecule is COC(=O)/C(=N/NC(C)(C)C)[C@H](C(=O)C(=O)Nc1cc(C)ccc1C)c1nc2ccccc2[nH]c1=O. The lowest BCUT2D eigenvalue weighted by Crippen LogP contribution is -2.42. The van der Waals surface area contributed by atoms with Gasteiger partial charge >= 0.3 is 5.97 Å². The van der Waals surface area contributed by atoms with Gasteiger partial charge in [0.05, 0.1) is 18.1 Å². The molecule has 1 atom stereocenters. The lowest BCUT2D eigenvalue weighted by molar-refractivity contribution is -0.136. The molecule has 0 bridgehead atoms. The van der Waals surface area contributed by atoms with E-state index in [0.717, 1.165) is 18.2 Å². The Hall–Kier alpha value is -4.34. The lowest BCUT2D eigenvalue weighted by atomic mass is 9.93. The molecule has 0 spiro atoms. The Kier molecular flexibility index (Phi) is 7.67. The van der Waals surface area contributed by atoms with Crippen LogP contribution in [0.3, 0.4) is 0 Å². The molecular weight excluding hydrogens is 462 g/mol. The van der Waals surface area contributed by atoms with Crippen LogP contribution in [0, 0.1) is 13.8 Å². The number of rotatable bonds is 7. The molecule has 2 aromatic carbocycles. The number of para-hydroxylation sites is 2. The standard InChI is InChI=1S/C26H29N5O5/c1-14-11-12-15(2)18(13-14)29-24(34)22(32)19(21(25(35)36-6)30-31-26(3,4)5)20-23(33)28-17-10-8-7-9-16(17)27-20/h7-13,19,31H,1-6H3,(H,28,33)(H,29,34)/b30-21+/t19-/m1/s1. The third kappa shape index (κ3) is 6.01. The molecule has 3 aromatic rings. The van der Waals surface area contributed by atoms with Gasteiger partial charge in [-0.2, -0.15) is 5.10 Å². The van der Waals surface area contributed by atoms with Crippen molar-refractivity contribution in [3.8, 4) is 0 Å². The number of ether oxygens (including phenoxy) is 1. The average Bonchev–Trinajstić information content (AvgIpc) is 2.82. The third-order valence-corrected chi connectivity index (χ3v) is 5.21. The number of aryl methyl sites for hydroxylation is 2. The van der Waals surface area contributed by atoms with E-state index in [-0.39, 0.29) is 5.69 Å². The van der Waals surface area contributed by atoms with Gasteiger partial charge in [0, 0.05) is 11.2 Å². The smallest absolute Gasteiger partial charge is 0.355 e. The van der Waals surface area contributed by atoms with Crippen molar-refractivity contribution in [3.05, 3.63) is 69.6 Å². The van der Waals surface area contributed by atoms with Crippen LogP contribution in [0.4, 0.5) is 5.69 Å². The first-order valence-corrected chi connectivity index (χ1v) is 11.3.